The molecule has 0 bridgehead atoms. The fourth-order valence-electron chi connectivity index (χ4n) is 1.41. The number of fused-ring (bicyclic) bond motifs is 1. The molecule has 14 heavy (non-hydrogen) atoms. The average molecular weight is 273 g/mol. The van der Waals surface area contributed by atoms with Gasteiger partial charge in [0, 0.05) is 10.7 Å². The lowest BCUT2D eigenvalue weighted by atomic mass is 10.1. The van der Waals surface area contributed by atoms with E-state index in [1.165, 1.54) is 6.20 Å². The molecule has 2 aromatic rings. The summed E-state index contributed by atoms with van der Waals surface area (Å²) in [6.07, 6.45) is 1.52. The Hall–Kier alpha value is -0.800. The van der Waals surface area contributed by atoms with Crippen LogP contribution in [0.25, 0.3) is 10.9 Å². The van der Waals surface area contributed by atoms with Crippen LogP contribution in [-0.4, -0.2) is 4.98 Å². The highest BCUT2D eigenvalue weighted by Crippen LogP contribution is 2.23. The first kappa shape index (κ1) is 9.74. The summed E-state index contributed by atoms with van der Waals surface area (Å²) in [6.45, 7) is 1.94. The molecular formula is C10H7BrClNO. The molecule has 2 nitrogen and oxygen atoms in total. The third-order valence-electron chi connectivity index (χ3n) is 2.15. The van der Waals surface area contributed by atoms with E-state index in [0.717, 1.165) is 15.6 Å². The molecule has 1 N–H and O–H groups in total. The van der Waals surface area contributed by atoms with Gasteiger partial charge in [-0.1, -0.05) is 17.7 Å². The summed E-state index contributed by atoms with van der Waals surface area (Å²) in [5.74, 6) is 0. The van der Waals surface area contributed by atoms with Crippen molar-refractivity contribution in [3.8, 4) is 0 Å². The van der Waals surface area contributed by atoms with Crippen molar-refractivity contribution in [2.45, 2.75) is 6.92 Å². The molecule has 2 rings (SSSR count). The van der Waals surface area contributed by atoms with Crippen LogP contribution in [0.5, 0.6) is 0 Å². The van der Waals surface area contributed by atoms with E-state index in [1.807, 2.05) is 19.1 Å². The van der Waals surface area contributed by atoms with Crippen LogP contribution in [0.2, 0.25) is 5.02 Å². The number of hydrogen-bond donors (Lipinski definition) is 1. The van der Waals surface area contributed by atoms with Crippen LogP contribution in [0.3, 0.4) is 0 Å². The standard InChI is InChI=1S/C10H7BrClNO/c1-5-2-3-6(11)8-9(5)13-4-7(12)10(8)14/h2-4H,1H3,(H,13,14). The smallest absolute Gasteiger partial charge is 0.209 e. The van der Waals surface area contributed by atoms with Crippen molar-refractivity contribution < 1.29 is 0 Å². The number of benzene rings is 1. The SMILES string of the molecule is Cc1ccc(Br)c2c(=O)c(Cl)c[nH]c12. The Morgan fingerprint density at radius 1 is 1.43 bits per heavy atom. The average Bonchev–Trinajstić information content (AvgIpc) is 2.16. The quantitative estimate of drug-likeness (QED) is 0.784. The molecule has 0 aliphatic rings. The summed E-state index contributed by atoms with van der Waals surface area (Å²) in [7, 11) is 0. The van der Waals surface area contributed by atoms with Gasteiger partial charge in [0.05, 0.1) is 10.9 Å². The molecule has 0 fully saturated rings. The number of H-pyrrole nitrogens is 1. The lowest BCUT2D eigenvalue weighted by molar-refractivity contribution is 1.34. The van der Waals surface area contributed by atoms with Crippen molar-refractivity contribution in [2.24, 2.45) is 0 Å². The van der Waals surface area contributed by atoms with Crippen LogP contribution >= 0.6 is 27.5 Å². The third-order valence-corrected chi connectivity index (χ3v) is 3.09. The molecule has 1 aromatic heterocycles. The van der Waals surface area contributed by atoms with Crippen LogP contribution in [0.15, 0.2) is 27.6 Å². The number of aromatic nitrogens is 1. The first-order valence-electron chi connectivity index (χ1n) is 4.07. The fourth-order valence-corrected chi connectivity index (χ4v) is 2.07. The molecule has 0 saturated heterocycles. The van der Waals surface area contributed by atoms with Crippen LogP contribution in [0, 0.1) is 6.92 Å². The minimum atomic E-state index is -0.143. The lowest BCUT2D eigenvalue weighted by Gasteiger charge is -2.03. The molecular weight excluding hydrogens is 265 g/mol. The molecule has 0 unspecified atom stereocenters. The van der Waals surface area contributed by atoms with Gasteiger partial charge in [0.1, 0.15) is 5.02 Å². The van der Waals surface area contributed by atoms with Crippen LogP contribution in [0.4, 0.5) is 0 Å². The molecule has 1 heterocycles. The van der Waals surface area contributed by atoms with Crippen molar-refractivity contribution in [3.63, 3.8) is 0 Å². The van der Waals surface area contributed by atoms with E-state index in [1.54, 1.807) is 0 Å². The summed E-state index contributed by atoms with van der Waals surface area (Å²) >= 11 is 9.08. The number of aryl methyl sites for hydroxylation is 1. The number of rotatable bonds is 0. The van der Waals surface area contributed by atoms with Gasteiger partial charge in [0.25, 0.3) is 0 Å². The Balaban J connectivity index is 3.09. The predicted molar refractivity (Wildman–Crippen MR) is 62.0 cm³/mol. The molecule has 1 aromatic carbocycles. The second kappa shape index (κ2) is 3.41. The zero-order valence-corrected chi connectivity index (χ0v) is 9.74. The van der Waals surface area contributed by atoms with Gasteiger partial charge in [-0.3, -0.25) is 4.79 Å². The Kier molecular flexibility index (Phi) is 2.37. The van der Waals surface area contributed by atoms with E-state index in [9.17, 15) is 4.79 Å². The molecule has 0 saturated carbocycles. The van der Waals surface area contributed by atoms with Gasteiger partial charge in [-0.2, -0.15) is 0 Å². The maximum atomic E-state index is 11.7. The zero-order valence-electron chi connectivity index (χ0n) is 7.40. The number of nitrogens with one attached hydrogen (secondary N) is 1. The van der Waals surface area contributed by atoms with E-state index in [4.69, 9.17) is 11.6 Å². The Bertz CT molecular complexity index is 562. The molecule has 72 valence electrons. The van der Waals surface area contributed by atoms with Crippen LogP contribution in [-0.2, 0) is 0 Å². The van der Waals surface area contributed by atoms with Crippen molar-refractivity contribution in [1.82, 2.24) is 4.98 Å². The summed E-state index contributed by atoms with van der Waals surface area (Å²) < 4.78 is 0.766. The maximum Gasteiger partial charge on any atom is 0.209 e. The monoisotopic (exact) mass is 271 g/mol. The molecule has 0 aliphatic carbocycles. The molecule has 0 spiro atoms. The number of aromatic amines is 1. The predicted octanol–water partition coefficient (Wildman–Crippen LogP) is 3.25. The normalized spacial score (nSPS) is 10.8. The summed E-state index contributed by atoms with van der Waals surface area (Å²) in [5.41, 5.74) is 1.71. The van der Waals surface area contributed by atoms with E-state index < -0.39 is 0 Å². The maximum absolute atomic E-state index is 11.7. The third kappa shape index (κ3) is 1.37. The van der Waals surface area contributed by atoms with Crippen LogP contribution < -0.4 is 5.43 Å². The summed E-state index contributed by atoms with van der Waals surface area (Å²) in [5, 5.41) is 0.821. The first-order chi connectivity index (χ1) is 6.61. The molecule has 0 atom stereocenters. The molecule has 0 radical (unpaired) electrons. The first-order valence-corrected chi connectivity index (χ1v) is 5.24. The van der Waals surface area contributed by atoms with E-state index in [2.05, 4.69) is 20.9 Å². The topological polar surface area (TPSA) is 32.9 Å². The van der Waals surface area contributed by atoms with Gasteiger partial charge in [0.15, 0.2) is 0 Å². The van der Waals surface area contributed by atoms with Gasteiger partial charge < -0.3 is 4.98 Å². The van der Waals surface area contributed by atoms with E-state index in [0.29, 0.717) is 5.39 Å². The second-order valence-electron chi connectivity index (χ2n) is 3.08. The Morgan fingerprint density at radius 3 is 2.86 bits per heavy atom. The minimum absolute atomic E-state index is 0.143. The van der Waals surface area contributed by atoms with Crippen molar-refractivity contribution in [1.29, 1.82) is 0 Å². The van der Waals surface area contributed by atoms with Gasteiger partial charge >= 0.3 is 0 Å². The van der Waals surface area contributed by atoms with Crippen molar-refractivity contribution in [3.05, 3.63) is 43.6 Å². The van der Waals surface area contributed by atoms with Crippen LogP contribution in [0.1, 0.15) is 5.56 Å². The largest absolute Gasteiger partial charge is 0.359 e. The van der Waals surface area contributed by atoms with Gasteiger partial charge in [0.2, 0.25) is 5.43 Å². The highest BCUT2D eigenvalue weighted by molar-refractivity contribution is 9.10. The van der Waals surface area contributed by atoms with Crippen molar-refractivity contribution in [2.75, 3.05) is 0 Å². The van der Waals surface area contributed by atoms with Crippen molar-refractivity contribution >= 4 is 38.4 Å². The minimum Gasteiger partial charge on any atom is -0.359 e. The number of pyridine rings is 1. The highest BCUT2D eigenvalue weighted by atomic mass is 79.9. The number of halogens is 2. The Labute approximate surface area is 94.0 Å². The van der Waals surface area contributed by atoms with E-state index >= 15 is 0 Å². The molecule has 0 amide bonds. The van der Waals surface area contributed by atoms with Gasteiger partial charge in [-0.15, -0.1) is 0 Å². The molecule has 4 heteroatoms. The fraction of sp³-hybridized carbons (Fsp3) is 0.100. The van der Waals surface area contributed by atoms with Gasteiger partial charge in [-0.25, -0.2) is 0 Å². The summed E-state index contributed by atoms with van der Waals surface area (Å²) in [4.78, 5) is 14.7. The van der Waals surface area contributed by atoms with Gasteiger partial charge in [-0.05, 0) is 34.5 Å². The Morgan fingerprint density at radius 2 is 2.14 bits per heavy atom. The summed E-state index contributed by atoms with van der Waals surface area (Å²) in [6, 6.07) is 3.79. The van der Waals surface area contributed by atoms with E-state index in [-0.39, 0.29) is 10.5 Å². The zero-order chi connectivity index (χ0) is 10.3. The molecule has 0 aliphatic heterocycles. The second-order valence-corrected chi connectivity index (χ2v) is 4.34. The number of hydrogen-bond acceptors (Lipinski definition) is 1. The highest BCUT2D eigenvalue weighted by Gasteiger charge is 2.08. The lowest BCUT2D eigenvalue weighted by Crippen LogP contribution is -2.04.